The summed E-state index contributed by atoms with van der Waals surface area (Å²) in [6.45, 7) is 2.57. The monoisotopic (exact) mass is 253 g/mol. The fourth-order valence-corrected chi connectivity index (χ4v) is 2.19. The van der Waals surface area contributed by atoms with Crippen LogP contribution in [0.2, 0.25) is 0 Å². The fourth-order valence-electron chi connectivity index (χ4n) is 2.19. The molecule has 1 aliphatic heterocycles. The summed E-state index contributed by atoms with van der Waals surface area (Å²) in [7, 11) is 0. The van der Waals surface area contributed by atoms with Crippen molar-refractivity contribution in [2.24, 2.45) is 4.99 Å². The topological polar surface area (TPSA) is 41.8 Å². The third-order valence-corrected chi connectivity index (χ3v) is 3.21. The number of ether oxygens (including phenoxy) is 1. The number of phenols is 1. The van der Waals surface area contributed by atoms with Crippen molar-refractivity contribution >= 4 is 5.90 Å². The van der Waals surface area contributed by atoms with Crippen molar-refractivity contribution in [1.29, 1.82) is 0 Å². The third kappa shape index (κ3) is 2.32. The smallest absolute Gasteiger partial charge is 0.220 e. The highest BCUT2D eigenvalue weighted by Crippen LogP contribution is 2.28. The number of nitrogens with zero attached hydrogens (tertiary/aromatic N) is 1. The van der Waals surface area contributed by atoms with Crippen LogP contribution >= 0.6 is 0 Å². The van der Waals surface area contributed by atoms with Crippen LogP contribution in [0.25, 0.3) is 0 Å². The Balaban J connectivity index is 1.84. The Morgan fingerprint density at radius 1 is 1.16 bits per heavy atom. The standard InChI is InChI=1S/C16H15NO2/c1-11-7-8-14(18)13(9-11)16-17-10-15(19-16)12-5-3-2-4-6-12/h2-9,15,18H,10H2,1H3. The van der Waals surface area contributed by atoms with Gasteiger partial charge in [0, 0.05) is 0 Å². The van der Waals surface area contributed by atoms with Gasteiger partial charge in [-0.25, -0.2) is 4.99 Å². The Morgan fingerprint density at radius 3 is 2.74 bits per heavy atom. The first kappa shape index (κ1) is 11.8. The Bertz CT molecular complexity index is 620. The van der Waals surface area contributed by atoms with E-state index in [-0.39, 0.29) is 11.9 Å². The van der Waals surface area contributed by atoms with Crippen LogP contribution in [0.15, 0.2) is 53.5 Å². The molecule has 1 aliphatic rings. The number of aliphatic imine (C=N–C) groups is 1. The molecule has 1 heterocycles. The zero-order valence-corrected chi connectivity index (χ0v) is 10.7. The van der Waals surface area contributed by atoms with Gasteiger partial charge < -0.3 is 9.84 Å². The highest BCUT2D eigenvalue weighted by atomic mass is 16.5. The zero-order chi connectivity index (χ0) is 13.2. The van der Waals surface area contributed by atoms with E-state index in [1.807, 2.05) is 49.4 Å². The predicted octanol–water partition coefficient (Wildman–Crippen LogP) is 3.22. The maximum Gasteiger partial charge on any atom is 0.220 e. The molecular weight excluding hydrogens is 238 g/mol. The van der Waals surface area contributed by atoms with Gasteiger partial charge in [0.2, 0.25) is 5.90 Å². The minimum Gasteiger partial charge on any atom is -0.507 e. The van der Waals surface area contributed by atoms with Crippen LogP contribution in [0.5, 0.6) is 5.75 Å². The van der Waals surface area contributed by atoms with Gasteiger partial charge in [-0.3, -0.25) is 0 Å². The van der Waals surface area contributed by atoms with E-state index in [0.717, 1.165) is 11.1 Å². The summed E-state index contributed by atoms with van der Waals surface area (Å²) in [5.41, 5.74) is 2.84. The van der Waals surface area contributed by atoms with Crippen molar-refractivity contribution in [1.82, 2.24) is 0 Å². The number of hydrogen-bond acceptors (Lipinski definition) is 3. The highest BCUT2D eigenvalue weighted by molar-refractivity contribution is 5.97. The van der Waals surface area contributed by atoms with E-state index in [1.165, 1.54) is 0 Å². The fraction of sp³-hybridized carbons (Fsp3) is 0.188. The van der Waals surface area contributed by atoms with Crippen LogP contribution in [0.3, 0.4) is 0 Å². The molecule has 1 N–H and O–H groups in total. The Hall–Kier alpha value is -2.29. The largest absolute Gasteiger partial charge is 0.507 e. The lowest BCUT2D eigenvalue weighted by atomic mass is 10.1. The van der Waals surface area contributed by atoms with Gasteiger partial charge in [0.15, 0.2) is 0 Å². The first-order valence-electron chi connectivity index (χ1n) is 6.30. The molecule has 1 atom stereocenters. The SMILES string of the molecule is Cc1ccc(O)c(C2=NCC(c3ccccc3)O2)c1. The molecule has 3 rings (SSSR count). The lowest BCUT2D eigenvalue weighted by Crippen LogP contribution is -2.06. The Labute approximate surface area is 112 Å². The minimum atomic E-state index is -0.0592. The average Bonchev–Trinajstić information content (AvgIpc) is 2.92. The molecule has 1 unspecified atom stereocenters. The molecule has 2 aromatic rings. The van der Waals surface area contributed by atoms with E-state index in [9.17, 15) is 5.11 Å². The van der Waals surface area contributed by atoms with Gasteiger partial charge in [0.05, 0.1) is 12.1 Å². The molecule has 3 nitrogen and oxygen atoms in total. The second-order valence-corrected chi connectivity index (χ2v) is 4.68. The molecule has 0 saturated heterocycles. The van der Waals surface area contributed by atoms with Gasteiger partial charge in [-0.15, -0.1) is 0 Å². The number of rotatable bonds is 2. The molecule has 0 aromatic heterocycles. The van der Waals surface area contributed by atoms with E-state index < -0.39 is 0 Å². The third-order valence-electron chi connectivity index (χ3n) is 3.21. The van der Waals surface area contributed by atoms with Crippen molar-refractivity contribution in [2.45, 2.75) is 13.0 Å². The number of benzene rings is 2. The number of aromatic hydroxyl groups is 1. The summed E-state index contributed by atoms with van der Waals surface area (Å²) in [6.07, 6.45) is -0.0592. The van der Waals surface area contributed by atoms with Crippen LogP contribution in [0.1, 0.15) is 22.8 Å². The number of aryl methyl sites for hydroxylation is 1. The van der Waals surface area contributed by atoms with Gasteiger partial charge in [0.1, 0.15) is 11.9 Å². The molecule has 0 bridgehead atoms. The highest BCUT2D eigenvalue weighted by Gasteiger charge is 2.24. The van der Waals surface area contributed by atoms with Gasteiger partial charge in [-0.1, -0.05) is 42.0 Å². The predicted molar refractivity (Wildman–Crippen MR) is 74.5 cm³/mol. The van der Waals surface area contributed by atoms with E-state index in [4.69, 9.17) is 4.74 Å². The van der Waals surface area contributed by atoms with Crippen molar-refractivity contribution in [3.8, 4) is 5.75 Å². The van der Waals surface area contributed by atoms with Crippen LogP contribution in [0.4, 0.5) is 0 Å². The molecule has 96 valence electrons. The van der Waals surface area contributed by atoms with Crippen LogP contribution in [-0.4, -0.2) is 17.5 Å². The van der Waals surface area contributed by atoms with Crippen LogP contribution in [0, 0.1) is 6.92 Å². The summed E-state index contributed by atoms with van der Waals surface area (Å²) >= 11 is 0. The van der Waals surface area contributed by atoms with E-state index in [1.54, 1.807) is 6.07 Å². The lowest BCUT2D eigenvalue weighted by molar-refractivity contribution is 0.230. The minimum absolute atomic E-state index is 0.0592. The zero-order valence-electron chi connectivity index (χ0n) is 10.7. The molecule has 0 aliphatic carbocycles. The van der Waals surface area contributed by atoms with Crippen LogP contribution < -0.4 is 0 Å². The summed E-state index contributed by atoms with van der Waals surface area (Å²) in [4.78, 5) is 4.40. The van der Waals surface area contributed by atoms with E-state index in [2.05, 4.69) is 4.99 Å². The second-order valence-electron chi connectivity index (χ2n) is 4.68. The van der Waals surface area contributed by atoms with Crippen molar-refractivity contribution in [3.05, 3.63) is 65.2 Å². The maximum absolute atomic E-state index is 9.89. The summed E-state index contributed by atoms with van der Waals surface area (Å²) in [5, 5.41) is 9.89. The lowest BCUT2D eigenvalue weighted by Gasteiger charge is -2.12. The second kappa shape index (κ2) is 4.76. The van der Waals surface area contributed by atoms with Crippen LogP contribution in [-0.2, 0) is 4.74 Å². The van der Waals surface area contributed by atoms with Crippen molar-refractivity contribution in [3.63, 3.8) is 0 Å². The Kier molecular flexibility index (Phi) is 2.95. The Morgan fingerprint density at radius 2 is 1.95 bits per heavy atom. The van der Waals surface area contributed by atoms with E-state index in [0.29, 0.717) is 18.0 Å². The molecule has 0 radical (unpaired) electrons. The van der Waals surface area contributed by atoms with Gasteiger partial charge in [-0.2, -0.15) is 0 Å². The molecule has 2 aromatic carbocycles. The molecule has 0 fully saturated rings. The normalized spacial score (nSPS) is 17.9. The maximum atomic E-state index is 9.89. The summed E-state index contributed by atoms with van der Waals surface area (Å²) in [5.74, 6) is 0.730. The van der Waals surface area contributed by atoms with Gasteiger partial charge in [0.25, 0.3) is 0 Å². The number of hydrogen-bond donors (Lipinski definition) is 1. The van der Waals surface area contributed by atoms with E-state index >= 15 is 0 Å². The molecule has 3 heteroatoms. The molecular formula is C16H15NO2. The average molecular weight is 253 g/mol. The van der Waals surface area contributed by atoms with Gasteiger partial charge in [-0.05, 0) is 24.6 Å². The molecule has 0 spiro atoms. The molecule has 0 amide bonds. The summed E-state index contributed by atoms with van der Waals surface area (Å²) < 4.78 is 5.86. The van der Waals surface area contributed by atoms with Crippen molar-refractivity contribution < 1.29 is 9.84 Å². The van der Waals surface area contributed by atoms with Gasteiger partial charge >= 0.3 is 0 Å². The first-order chi connectivity index (χ1) is 9.24. The molecule has 0 saturated carbocycles. The molecule has 19 heavy (non-hydrogen) atoms. The number of phenolic OH excluding ortho intramolecular Hbond substituents is 1. The summed E-state index contributed by atoms with van der Waals surface area (Å²) in [6, 6.07) is 15.4. The quantitative estimate of drug-likeness (QED) is 0.892. The van der Waals surface area contributed by atoms with Crippen molar-refractivity contribution in [2.75, 3.05) is 6.54 Å². The first-order valence-corrected chi connectivity index (χ1v) is 6.30.